The molecule has 1 aliphatic carbocycles. The van der Waals surface area contributed by atoms with Crippen molar-refractivity contribution in [3.8, 4) is 0 Å². The summed E-state index contributed by atoms with van der Waals surface area (Å²) in [7, 11) is 1.62. The second-order valence-corrected chi connectivity index (χ2v) is 5.47. The highest BCUT2D eigenvalue weighted by molar-refractivity contribution is 5.80. The lowest BCUT2D eigenvalue weighted by Crippen LogP contribution is -2.50. The predicted octanol–water partition coefficient (Wildman–Crippen LogP) is 2.02. The monoisotopic (exact) mass is 255 g/mol. The summed E-state index contributed by atoms with van der Waals surface area (Å²) in [6.45, 7) is 1.65. The van der Waals surface area contributed by atoms with E-state index in [1.807, 2.05) is 0 Å². The smallest absolute Gasteiger partial charge is 0.338 e. The minimum Gasteiger partial charge on any atom is -0.460 e. The number of hydrogen-bond donors (Lipinski definition) is 1. The highest BCUT2D eigenvalue weighted by Gasteiger charge is 2.42. The van der Waals surface area contributed by atoms with Gasteiger partial charge in [0.05, 0.1) is 0 Å². The molecule has 1 saturated heterocycles. The summed E-state index contributed by atoms with van der Waals surface area (Å²) < 4.78 is 11.2. The minimum absolute atomic E-state index is 0.113. The SMILES string of the molecule is COC1(C(=O)OC2CCCCCC2)CCNCC1. The van der Waals surface area contributed by atoms with E-state index >= 15 is 0 Å². The highest BCUT2D eigenvalue weighted by Crippen LogP contribution is 2.27. The first kappa shape index (κ1) is 13.8. The fraction of sp³-hybridized carbons (Fsp3) is 0.929. The van der Waals surface area contributed by atoms with Gasteiger partial charge in [0.2, 0.25) is 0 Å². The predicted molar refractivity (Wildman–Crippen MR) is 69.4 cm³/mol. The van der Waals surface area contributed by atoms with E-state index in [0.717, 1.165) is 38.8 Å². The number of ether oxygens (including phenoxy) is 2. The lowest BCUT2D eigenvalue weighted by molar-refractivity contribution is -0.178. The molecule has 0 unspecified atom stereocenters. The number of hydrogen-bond acceptors (Lipinski definition) is 4. The van der Waals surface area contributed by atoms with Crippen LogP contribution in [0, 0.1) is 0 Å². The van der Waals surface area contributed by atoms with E-state index in [1.54, 1.807) is 7.11 Å². The zero-order valence-corrected chi connectivity index (χ0v) is 11.4. The first-order chi connectivity index (χ1) is 8.77. The number of piperidine rings is 1. The third kappa shape index (κ3) is 3.23. The molecule has 2 rings (SSSR count). The number of carbonyl (C=O) groups is 1. The fourth-order valence-corrected chi connectivity index (χ4v) is 2.94. The molecule has 18 heavy (non-hydrogen) atoms. The third-order valence-electron chi connectivity index (χ3n) is 4.25. The Hall–Kier alpha value is -0.610. The number of esters is 1. The molecule has 1 aliphatic heterocycles. The van der Waals surface area contributed by atoms with Crippen LogP contribution in [0.5, 0.6) is 0 Å². The Bertz CT molecular complexity index is 266. The normalized spacial score (nSPS) is 25.4. The molecular formula is C14H25NO3. The molecule has 1 N–H and O–H groups in total. The molecule has 0 radical (unpaired) electrons. The molecule has 4 nitrogen and oxygen atoms in total. The molecule has 0 aromatic heterocycles. The molecule has 0 bridgehead atoms. The zero-order valence-electron chi connectivity index (χ0n) is 11.4. The van der Waals surface area contributed by atoms with E-state index in [9.17, 15) is 4.79 Å². The van der Waals surface area contributed by atoms with Gasteiger partial charge in [0, 0.05) is 7.11 Å². The van der Waals surface area contributed by atoms with E-state index in [1.165, 1.54) is 25.7 Å². The number of methoxy groups -OCH3 is 1. The van der Waals surface area contributed by atoms with E-state index < -0.39 is 5.60 Å². The summed E-state index contributed by atoms with van der Waals surface area (Å²) in [6.07, 6.45) is 8.49. The van der Waals surface area contributed by atoms with E-state index in [4.69, 9.17) is 9.47 Å². The van der Waals surface area contributed by atoms with Gasteiger partial charge in [-0.3, -0.25) is 0 Å². The third-order valence-corrected chi connectivity index (χ3v) is 4.25. The molecule has 1 saturated carbocycles. The van der Waals surface area contributed by atoms with Crippen molar-refractivity contribution in [3.63, 3.8) is 0 Å². The first-order valence-electron chi connectivity index (χ1n) is 7.24. The average Bonchev–Trinajstić information content (AvgIpc) is 2.68. The van der Waals surface area contributed by atoms with Crippen LogP contribution in [0.25, 0.3) is 0 Å². The standard InChI is InChI=1S/C14H25NO3/c1-17-14(8-10-15-11-9-14)13(16)18-12-6-4-2-3-5-7-12/h12,15H,2-11H2,1H3. The van der Waals surface area contributed by atoms with Crippen molar-refractivity contribution in [3.05, 3.63) is 0 Å². The van der Waals surface area contributed by atoms with Crippen molar-refractivity contribution in [1.82, 2.24) is 5.32 Å². The quantitative estimate of drug-likeness (QED) is 0.619. The fourth-order valence-electron chi connectivity index (χ4n) is 2.94. The maximum absolute atomic E-state index is 12.4. The van der Waals surface area contributed by atoms with Gasteiger partial charge in [-0.05, 0) is 51.6 Å². The molecule has 104 valence electrons. The van der Waals surface area contributed by atoms with Crippen LogP contribution in [0.4, 0.5) is 0 Å². The van der Waals surface area contributed by atoms with Crippen LogP contribution >= 0.6 is 0 Å². The van der Waals surface area contributed by atoms with E-state index in [-0.39, 0.29) is 12.1 Å². The van der Waals surface area contributed by atoms with Crippen molar-refractivity contribution >= 4 is 5.97 Å². The number of rotatable bonds is 3. The molecule has 0 aromatic carbocycles. The molecule has 0 atom stereocenters. The molecule has 0 spiro atoms. The van der Waals surface area contributed by atoms with Gasteiger partial charge in [-0.1, -0.05) is 12.8 Å². The maximum Gasteiger partial charge on any atom is 0.338 e. The highest BCUT2D eigenvalue weighted by atomic mass is 16.6. The van der Waals surface area contributed by atoms with Crippen molar-refractivity contribution in [2.24, 2.45) is 0 Å². The topological polar surface area (TPSA) is 47.6 Å². The van der Waals surface area contributed by atoms with Crippen LogP contribution < -0.4 is 5.32 Å². The van der Waals surface area contributed by atoms with Gasteiger partial charge < -0.3 is 14.8 Å². The van der Waals surface area contributed by atoms with Gasteiger partial charge in [-0.15, -0.1) is 0 Å². The summed E-state index contributed by atoms with van der Waals surface area (Å²) in [5.74, 6) is -0.140. The Labute approximate surface area is 109 Å². The largest absolute Gasteiger partial charge is 0.460 e. The molecule has 2 aliphatic rings. The minimum atomic E-state index is -0.697. The summed E-state index contributed by atoms with van der Waals surface area (Å²) in [5, 5.41) is 3.25. The number of nitrogens with one attached hydrogen (secondary N) is 1. The lowest BCUT2D eigenvalue weighted by Gasteiger charge is -2.35. The van der Waals surface area contributed by atoms with Crippen LogP contribution in [0.15, 0.2) is 0 Å². The van der Waals surface area contributed by atoms with Gasteiger partial charge in [0.25, 0.3) is 0 Å². The zero-order chi connectivity index (χ0) is 12.8. The van der Waals surface area contributed by atoms with Crippen LogP contribution in [0.3, 0.4) is 0 Å². The Balaban J connectivity index is 1.91. The van der Waals surface area contributed by atoms with E-state index in [2.05, 4.69) is 5.32 Å². The summed E-state index contributed by atoms with van der Waals surface area (Å²) in [6, 6.07) is 0. The van der Waals surface area contributed by atoms with Crippen molar-refractivity contribution in [1.29, 1.82) is 0 Å². The summed E-state index contributed by atoms with van der Waals surface area (Å²) in [4.78, 5) is 12.4. The van der Waals surface area contributed by atoms with Crippen molar-refractivity contribution in [2.45, 2.75) is 63.1 Å². The van der Waals surface area contributed by atoms with Gasteiger partial charge in [-0.2, -0.15) is 0 Å². The van der Waals surface area contributed by atoms with Gasteiger partial charge in [-0.25, -0.2) is 4.79 Å². The van der Waals surface area contributed by atoms with E-state index in [0.29, 0.717) is 0 Å². The Morgan fingerprint density at radius 2 is 1.72 bits per heavy atom. The summed E-state index contributed by atoms with van der Waals surface area (Å²) in [5.41, 5.74) is -0.697. The van der Waals surface area contributed by atoms with Crippen LogP contribution in [0.2, 0.25) is 0 Å². The number of carbonyl (C=O) groups excluding carboxylic acids is 1. The van der Waals surface area contributed by atoms with Gasteiger partial charge in [0.15, 0.2) is 5.60 Å². The first-order valence-corrected chi connectivity index (χ1v) is 7.24. The second-order valence-electron chi connectivity index (χ2n) is 5.47. The maximum atomic E-state index is 12.4. The Morgan fingerprint density at radius 1 is 1.11 bits per heavy atom. The van der Waals surface area contributed by atoms with Crippen LogP contribution in [-0.4, -0.2) is 37.9 Å². The molecule has 1 heterocycles. The van der Waals surface area contributed by atoms with Crippen molar-refractivity contribution in [2.75, 3.05) is 20.2 Å². The molecular weight excluding hydrogens is 230 g/mol. The second kappa shape index (κ2) is 6.53. The van der Waals surface area contributed by atoms with Crippen molar-refractivity contribution < 1.29 is 14.3 Å². The van der Waals surface area contributed by atoms with Crippen LogP contribution in [-0.2, 0) is 14.3 Å². The van der Waals surface area contributed by atoms with Gasteiger partial charge in [0.1, 0.15) is 6.10 Å². The van der Waals surface area contributed by atoms with Gasteiger partial charge >= 0.3 is 5.97 Å². The molecule has 0 aromatic rings. The van der Waals surface area contributed by atoms with Crippen LogP contribution in [0.1, 0.15) is 51.4 Å². The lowest BCUT2D eigenvalue weighted by atomic mass is 9.92. The molecule has 0 amide bonds. The Morgan fingerprint density at radius 3 is 2.28 bits per heavy atom. The molecule has 2 fully saturated rings. The summed E-state index contributed by atoms with van der Waals surface area (Å²) >= 11 is 0. The molecule has 4 heteroatoms. The average molecular weight is 255 g/mol. The Kier molecular flexibility index (Phi) is 5.01.